The van der Waals surface area contributed by atoms with Gasteiger partial charge >= 0.3 is 0 Å². The van der Waals surface area contributed by atoms with Crippen molar-refractivity contribution in [3.8, 4) is 0 Å². The summed E-state index contributed by atoms with van der Waals surface area (Å²) < 4.78 is 0. The van der Waals surface area contributed by atoms with Gasteiger partial charge in [0.15, 0.2) is 5.12 Å². The molecule has 6 heteroatoms. The maximum atomic E-state index is 11.6. The second-order valence-electron chi connectivity index (χ2n) is 3.70. The molecule has 2 N–H and O–H groups in total. The van der Waals surface area contributed by atoms with E-state index in [-0.39, 0.29) is 11.0 Å². The molecule has 0 rings (SSSR count). The van der Waals surface area contributed by atoms with Gasteiger partial charge < -0.3 is 10.4 Å². The highest BCUT2D eigenvalue weighted by Crippen LogP contribution is 2.16. The first-order valence-electron chi connectivity index (χ1n) is 5.70. The number of halogens is 1. The molecular formula is C11H20ClNO3S. The molecule has 0 aromatic carbocycles. The summed E-state index contributed by atoms with van der Waals surface area (Å²) in [4.78, 5) is 22.5. The Balaban J connectivity index is 3.74. The number of nitrogens with one attached hydrogen (secondary N) is 1. The van der Waals surface area contributed by atoms with E-state index in [1.54, 1.807) is 13.8 Å². The van der Waals surface area contributed by atoms with Crippen LogP contribution in [0.5, 0.6) is 0 Å². The van der Waals surface area contributed by atoms with Crippen molar-refractivity contribution in [2.45, 2.75) is 32.8 Å². The topological polar surface area (TPSA) is 66.4 Å². The van der Waals surface area contributed by atoms with E-state index in [9.17, 15) is 14.7 Å². The van der Waals surface area contributed by atoms with E-state index in [4.69, 9.17) is 11.6 Å². The normalized spacial score (nSPS) is 14.1. The third-order valence-electron chi connectivity index (χ3n) is 2.34. The summed E-state index contributed by atoms with van der Waals surface area (Å²) in [6.45, 7) is 3.94. The monoisotopic (exact) mass is 281 g/mol. The predicted molar refractivity (Wildman–Crippen MR) is 71.3 cm³/mol. The molecule has 0 aliphatic rings. The van der Waals surface area contributed by atoms with Crippen molar-refractivity contribution in [3.63, 3.8) is 0 Å². The highest BCUT2D eigenvalue weighted by Gasteiger charge is 2.21. The van der Waals surface area contributed by atoms with Crippen molar-refractivity contribution in [1.82, 2.24) is 5.32 Å². The van der Waals surface area contributed by atoms with E-state index in [2.05, 4.69) is 5.32 Å². The Kier molecular flexibility index (Phi) is 9.59. The van der Waals surface area contributed by atoms with Crippen LogP contribution in [0.15, 0.2) is 0 Å². The minimum Gasteiger partial charge on any atom is -0.392 e. The van der Waals surface area contributed by atoms with Gasteiger partial charge in [-0.3, -0.25) is 9.59 Å². The summed E-state index contributed by atoms with van der Waals surface area (Å²) in [6.07, 6.45) is 0.183. The van der Waals surface area contributed by atoms with Crippen LogP contribution >= 0.6 is 23.4 Å². The second kappa shape index (κ2) is 9.74. The average Bonchev–Trinajstić information content (AvgIpc) is 2.33. The Morgan fingerprint density at radius 1 is 1.47 bits per heavy atom. The lowest BCUT2D eigenvalue weighted by Crippen LogP contribution is -2.27. The van der Waals surface area contributed by atoms with Crippen molar-refractivity contribution < 1.29 is 14.7 Å². The molecule has 1 amide bonds. The van der Waals surface area contributed by atoms with Gasteiger partial charge in [0.25, 0.3) is 0 Å². The summed E-state index contributed by atoms with van der Waals surface area (Å²) >= 11 is 6.63. The van der Waals surface area contributed by atoms with Crippen LogP contribution in [-0.4, -0.2) is 40.4 Å². The molecule has 4 nitrogen and oxygen atoms in total. The van der Waals surface area contributed by atoms with Gasteiger partial charge in [0.05, 0.1) is 12.0 Å². The van der Waals surface area contributed by atoms with E-state index in [1.807, 2.05) is 0 Å². The zero-order valence-corrected chi connectivity index (χ0v) is 11.8. The molecule has 2 atom stereocenters. The van der Waals surface area contributed by atoms with Crippen LogP contribution < -0.4 is 5.32 Å². The first-order valence-corrected chi connectivity index (χ1v) is 7.22. The van der Waals surface area contributed by atoms with Crippen molar-refractivity contribution in [3.05, 3.63) is 0 Å². The molecule has 0 fully saturated rings. The molecular weight excluding hydrogens is 262 g/mol. The molecule has 0 aliphatic heterocycles. The summed E-state index contributed by atoms with van der Waals surface area (Å²) in [7, 11) is 0. The van der Waals surface area contributed by atoms with E-state index in [1.165, 1.54) is 0 Å². The van der Waals surface area contributed by atoms with Crippen LogP contribution in [0, 0.1) is 5.92 Å². The fraction of sp³-hybridized carbons (Fsp3) is 0.818. The van der Waals surface area contributed by atoms with Crippen LogP contribution in [-0.2, 0) is 9.59 Å². The molecule has 0 bridgehead atoms. The lowest BCUT2D eigenvalue weighted by molar-refractivity contribution is -0.120. The zero-order chi connectivity index (χ0) is 13.3. The number of carbonyl (C=O) groups is 2. The van der Waals surface area contributed by atoms with Gasteiger partial charge in [0.2, 0.25) is 5.91 Å². The number of alkyl halides is 1. The quantitative estimate of drug-likeness (QED) is 0.521. The third-order valence-corrected chi connectivity index (χ3v) is 3.63. The van der Waals surface area contributed by atoms with Gasteiger partial charge in [0, 0.05) is 24.6 Å². The van der Waals surface area contributed by atoms with E-state index < -0.39 is 12.0 Å². The summed E-state index contributed by atoms with van der Waals surface area (Å²) in [5.41, 5.74) is 0. The van der Waals surface area contributed by atoms with Gasteiger partial charge in [-0.2, -0.15) is 0 Å². The van der Waals surface area contributed by atoms with Gasteiger partial charge in [-0.05, 0) is 6.42 Å². The molecule has 17 heavy (non-hydrogen) atoms. The lowest BCUT2D eigenvalue weighted by atomic mass is 10.0. The van der Waals surface area contributed by atoms with Gasteiger partial charge in [-0.1, -0.05) is 25.6 Å². The fourth-order valence-corrected chi connectivity index (χ4v) is 2.17. The molecule has 0 radical (unpaired) electrons. The van der Waals surface area contributed by atoms with E-state index >= 15 is 0 Å². The summed E-state index contributed by atoms with van der Waals surface area (Å²) in [5.74, 6) is 0.437. The minimum atomic E-state index is -0.683. The Morgan fingerprint density at radius 3 is 2.65 bits per heavy atom. The maximum absolute atomic E-state index is 11.6. The van der Waals surface area contributed by atoms with Crippen molar-refractivity contribution >= 4 is 34.4 Å². The van der Waals surface area contributed by atoms with Gasteiger partial charge in [-0.25, -0.2) is 0 Å². The van der Waals surface area contributed by atoms with E-state index in [0.717, 1.165) is 11.8 Å². The standard InChI is InChI=1S/C11H20ClNO3S/c1-3-10(15)13-6-7-17-11(16)8(2)9(14)4-5-12/h8-9,14H,3-7H2,1-2H3,(H,13,15)/t8-,9+/m0/s1. The number of carbonyl (C=O) groups excluding carboxylic acids is 2. The van der Waals surface area contributed by atoms with Crippen LogP contribution in [0.3, 0.4) is 0 Å². The Morgan fingerprint density at radius 2 is 2.12 bits per heavy atom. The number of aliphatic hydroxyl groups excluding tert-OH is 1. The van der Waals surface area contributed by atoms with Crippen molar-refractivity contribution in [2.24, 2.45) is 5.92 Å². The van der Waals surface area contributed by atoms with Crippen molar-refractivity contribution in [2.75, 3.05) is 18.2 Å². The highest BCUT2D eigenvalue weighted by molar-refractivity contribution is 8.13. The Labute approximate surface area is 111 Å². The number of aliphatic hydroxyl groups is 1. The summed E-state index contributed by atoms with van der Waals surface area (Å²) in [5, 5.41) is 12.2. The maximum Gasteiger partial charge on any atom is 0.219 e. The predicted octanol–water partition coefficient (Wildman–Crippen LogP) is 1.40. The number of amides is 1. The van der Waals surface area contributed by atoms with Crippen LogP contribution in [0.1, 0.15) is 26.7 Å². The molecule has 0 spiro atoms. The molecule has 0 saturated heterocycles. The SMILES string of the molecule is CCC(=O)NCCSC(=O)[C@@H](C)[C@H](O)CCCl. The van der Waals surface area contributed by atoms with Gasteiger partial charge in [-0.15, -0.1) is 11.6 Å². The third kappa shape index (κ3) is 7.63. The first kappa shape index (κ1) is 16.7. The number of hydrogen-bond acceptors (Lipinski definition) is 4. The van der Waals surface area contributed by atoms with Gasteiger partial charge in [0.1, 0.15) is 0 Å². The average molecular weight is 282 g/mol. The number of hydrogen-bond donors (Lipinski definition) is 2. The second-order valence-corrected chi connectivity index (χ2v) is 5.18. The highest BCUT2D eigenvalue weighted by atomic mass is 35.5. The Bertz CT molecular complexity index is 251. The zero-order valence-electron chi connectivity index (χ0n) is 10.2. The largest absolute Gasteiger partial charge is 0.392 e. The smallest absolute Gasteiger partial charge is 0.219 e. The number of rotatable bonds is 8. The molecule has 0 saturated carbocycles. The van der Waals surface area contributed by atoms with Crippen molar-refractivity contribution in [1.29, 1.82) is 0 Å². The van der Waals surface area contributed by atoms with Crippen LogP contribution in [0.2, 0.25) is 0 Å². The molecule has 0 unspecified atom stereocenters. The Hall–Kier alpha value is -0.260. The summed E-state index contributed by atoms with van der Waals surface area (Å²) in [6, 6.07) is 0. The molecule has 0 aromatic heterocycles. The number of thioether (sulfide) groups is 1. The lowest BCUT2D eigenvalue weighted by Gasteiger charge is -2.15. The minimum absolute atomic E-state index is 0.0201. The first-order chi connectivity index (χ1) is 8.02. The fourth-order valence-electron chi connectivity index (χ4n) is 1.12. The molecule has 0 aromatic rings. The molecule has 0 aliphatic carbocycles. The molecule has 0 heterocycles. The van der Waals surface area contributed by atoms with Crippen LogP contribution in [0.4, 0.5) is 0 Å². The van der Waals surface area contributed by atoms with E-state index in [0.29, 0.717) is 31.0 Å². The molecule has 100 valence electrons. The van der Waals surface area contributed by atoms with Crippen LogP contribution in [0.25, 0.3) is 0 Å².